The third-order valence-corrected chi connectivity index (χ3v) is 4.19. The molecule has 1 aliphatic rings. The molecule has 1 fully saturated rings. The third kappa shape index (κ3) is 4.16. The van der Waals surface area contributed by atoms with Crippen LogP contribution in [0.4, 0.5) is 0 Å². The van der Waals surface area contributed by atoms with Crippen LogP contribution >= 0.6 is 0 Å². The van der Waals surface area contributed by atoms with E-state index in [0.29, 0.717) is 0 Å². The Morgan fingerprint density at radius 2 is 2.06 bits per heavy atom. The fourth-order valence-electron chi connectivity index (χ4n) is 2.95. The van der Waals surface area contributed by atoms with E-state index in [-0.39, 0.29) is 0 Å². The van der Waals surface area contributed by atoms with Crippen molar-refractivity contribution >= 4 is 0 Å². The van der Waals surface area contributed by atoms with Crippen molar-refractivity contribution in [2.45, 2.75) is 59.0 Å². The second kappa shape index (κ2) is 6.98. The predicted molar refractivity (Wildman–Crippen MR) is 77.6 cm³/mol. The minimum atomic E-state index is 0.916. The molecule has 0 atom stereocenters. The molecule has 0 aliphatic heterocycles. The normalized spacial score (nSPS) is 24.3. The van der Waals surface area contributed by atoms with Gasteiger partial charge in [0.15, 0.2) is 0 Å². The molecule has 1 aromatic heterocycles. The maximum atomic E-state index is 3.63. The summed E-state index contributed by atoms with van der Waals surface area (Å²) in [5.41, 5.74) is 1.42. The Morgan fingerprint density at radius 1 is 1.28 bits per heavy atom. The second-order valence-electron chi connectivity index (χ2n) is 6.01. The van der Waals surface area contributed by atoms with Crippen molar-refractivity contribution in [3.8, 4) is 0 Å². The van der Waals surface area contributed by atoms with Crippen LogP contribution in [0.3, 0.4) is 0 Å². The molecule has 0 saturated heterocycles. The molecule has 0 radical (unpaired) electrons. The fourth-order valence-corrected chi connectivity index (χ4v) is 2.95. The molecule has 18 heavy (non-hydrogen) atoms. The van der Waals surface area contributed by atoms with Crippen LogP contribution in [0.2, 0.25) is 0 Å². The molecule has 102 valence electrons. The van der Waals surface area contributed by atoms with Gasteiger partial charge in [-0.1, -0.05) is 26.7 Å². The van der Waals surface area contributed by atoms with Crippen molar-refractivity contribution in [2.24, 2.45) is 11.8 Å². The molecule has 2 heteroatoms. The van der Waals surface area contributed by atoms with E-state index in [1.807, 2.05) is 0 Å². The Kier molecular flexibility index (Phi) is 5.30. The average Bonchev–Trinajstić information content (AvgIpc) is 2.80. The maximum Gasteiger partial charge on any atom is 0.0220 e. The van der Waals surface area contributed by atoms with Gasteiger partial charge in [0.05, 0.1) is 0 Å². The quantitative estimate of drug-likeness (QED) is 0.810. The minimum Gasteiger partial charge on any atom is -0.354 e. The Balaban J connectivity index is 1.65. The van der Waals surface area contributed by atoms with Gasteiger partial charge in [0.2, 0.25) is 0 Å². The van der Waals surface area contributed by atoms with Gasteiger partial charge in [0, 0.05) is 25.5 Å². The van der Waals surface area contributed by atoms with Crippen LogP contribution < -0.4 is 5.32 Å². The summed E-state index contributed by atoms with van der Waals surface area (Å²) in [5, 5.41) is 3.63. The number of rotatable bonds is 6. The molecule has 1 aliphatic carbocycles. The van der Waals surface area contributed by atoms with Gasteiger partial charge in [-0.3, -0.25) is 0 Å². The van der Waals surface area contributed by atoms with E-state index in [1.54, 1.807) is 0 Å². The minimum absolute atomic E-state index is 0.916. The van der Waals surface area contributed by atoms with Gasteiger partial charge < -0.3 is 9.88 Å². The van der Waals surface area contributed by atoms with Crippen molar-refractivity contribution in [1.82, 2.24) is 9.88 Å². The van der Waals surface area contributed by atoms with Crippen LogP contribution in [0.5, 0.6) is 0 Å². The van der Waals surface area contributed by atoms with Crippen molar-refractivity contribution in [2.75, 3.05) is 6.54 Å². The summed E-state index contributed by atoms with van der Waals surface area (Å²) in [6.07, 6.45) is 11.4. The van der Waals surface area contributed by atoms with Gasteiger partial charge in [0.1, 0.15) is 0 Å². The van der Waals surface area contributed by atoms with Crippen molar-refractivity contribution < 1.29 is 0 Å². The van der Waals surface area contributed by atoms with Crippen LogP contribution in [0, 0.1) is 11.8 Å². The van der Waals surface area contributed by atoms with Gasteiger partial charge in [-0.2, -0.15) is 0 Å². The summed E-state index contributed by atoms with van der Waals surface area (Å²) in [7, 11) is 0. The van der Waals surface area contributed by atoms with Crippen LogP contribution in [-0.4, -0.2) is 11.1 Å². The number of aryl methyl sites for hydroxylation is 1. The summed E-state index contributed by atoms with van der Waals surface area (Å²) in [6.45, 7) is 7.98. The molecular formula is C16H28N2. The molecule has 0 amide bonds. The van der Waals surface area contributed by atoms with E-state index in [1.165, 1.54) is 44.2 Å². The SMILES string of the molecule is CCCn1ccc(CNCC2CCC(C)CC2)c1. The molecule has 1 N–H and O–H groups in total. The molecule has 1 saturated carbocycles. The predicted octanol–water partition coefficient (Wildman–Crippen LogP) is 3.81. The van der Waals surface area contributed by atoms with Gasteiger partial charge >= 0.3 is 0 Å². The first-order chi connectivity index (χ1) is 8.78. The highest BCUT2D eigenvalue weighted by atomic mass is 14.9. The van der Waals surface area contributed by atoms with E-state index < -0.39 is 0 Å². The van der Waals surface area contributed by atoms with Gasteiger partial charge in [-0.25, -0.2) is 0 Å². The van der Waals surface area contributed by atoms with Crippen molar-refractivity contribution in [3.05, 3.63) is 24.0 Å². The summed E-state index contributed by atoms with van der Waals surface area (Å²) in [4.78, 5) is 0. The molecule has 0 aromatic carbocycles. The van der Waals surface area contributed by atoms with Crippen LogP contribution in [0.1, 0.15) is 51.5 Å². The molecule has 0 spiro atoms. The van der Waals surface area contributed by atoms with Crippen LogP contribution in [0.25, 0.3) is 0 Å². The first kappa shape index (κ1) is 13.7. The van der Waals surface area contributed by atoms with Crippen LogP contribution in [0.15, 0.2) is 18.5 Å². The first-order valence-corrected chi connectivity index (χ1v) is 7.63. The Labute approximate surface area is 112 Å². The smallest absolute Gasteiger partial charge is 0.0220 e. The first-order valence-electron chi connectivity index (χ1n) is 7.63. The Bertz CT molecular complexity index is 335. The van der Waals surface area contributed by atoms with Gasteiger partial charge in [-0.05, 0) is 49.3 Å². The lowest BCUT2D eigenvalue weighted by Crippen LogP contribution is -2.25. The van der Waals surface area contributed by atoms with E-state index in [9.17, 15) is 0 Å². The molecule has 2 nitrogen and oxygen atoms in total. The lowest BCUT2D eigenvalue weighted by atomic mass is 9.83. The van der Waals surface area contributed by atoms with Gasteiger partial charge in [-0.15, -0.1) is 0 Å². The maximum absolute atomic E-state index is 3.63. The molecule has 1 heterocycles. The number of hydrogen-bond acceptors (Lipinski definition) is 1. The molecule has 1 aromatic rings. The zero-order chi connectivity index (χ0) is 12.8. The van der Waals surface area contributed by atoms with E-state index in [0.717, 1.165) is 24.9 Å². The molecule has 2 rings (SSSR count). The Hall–Kier alpha value is -0.760. The highest BCUT2D eigenvalue weighted by molar-refractivity contribution is 5.09. The number of nitrogens with one attached hydrogen (secondary N) is 1. The second-order valence-corrected chi connectivity index (χ2v) is 6.01. The average molecular weight is 248 g/mol. The van der Waals surface area contributed by atoms with E-state index in [4.69, 9.17) is 0 Å². The summed E-state index contributed by atoms with van der Waals surface area (Å²) < 4.78 is 2.29. The molecular weight excluding hydrogens is 220 g/mol. The van der Waals surface area contributed by atoms with Crippen LogP contribution in [-0.2, 0) is 13.1 Å². The number of hydrogen-bond donors (Lipinski definition) is 1. The molecule has 0 bridgehead atoms. The standard InChI is InChI=1S/C16H28N2/c1-3-9-18-10-8-16(13-18)12-17-11-15-6-4-14(2)5-7-15/h8,10,13-15,17H,3-7,9,11-12H2,1-2H3. The number of nitrogens with zero attached hydrogens (tertiary/aromatic N) is 1. The lowest BCUT2D eigenvalue weighted by molar-refractivity contribution is 0.281. The molecule has 0 unspecified atom stereocenters. The highest BCUT2D eigenvalue weighted by Gasteiger charge is 2.17. The summed E-state index contributed by atoms with van der Waals surface area (Å²) in [6, 6.07) is 2.24. The van der Waals surface area contributed by atoms with Crippen molar-refractivity contribution in [3.63, 3.8) is 0 Å². The highest BCUT2D eigenvalue weighted by Crippen LogP contribution is 2.27. The van der Waals surface area contributed by atoms with E-state index >= 15 is 0 Å². The van der Waals surface area contributed by atoms with Crippen molar-refractivity contribution in [1.29, 1.82) is 0 Å². The van der Waals surface area contributed by atoms with E-state index in [2.05, 4.69) is 42.2 Å². The third-order valence-electron chi connectivity index (χ3n) is 4.19. The number of aromatic nitrogens is 1. The van der Waals surface area contributed by atoms with Gasteiger partial charge in [0.25, 0.3) is 0 Å². The monoisotopic (exact) mass is 248 g/mol. The largest absolute Gasteiger partial charge is 0.354 e. The fraction of sp³-hybridized carbons (Fsp3) is 0.750. The Morgan fingerprint density at radius 3 is 2.78 bits per heavy atom. The lowest BCUT2D eigenvalue weighted by Gasteiger charge is -2.26. The summed E-state index contributed by atoms with van der Waals surface area (Å²) in [5.74, 6) is 1.88. The summed E-state index contributed by atoms with van der Waals surface area (Å²) >= 11 is 0. The zero-order valence-corrected chi connectivity index (χ0v) is 12.0. The topological polar surface area (TPSA) is 17.0 Å². The zero-order valence-electron chi connectivity index (χ0n) is 12.0.